The molecule has 1 radical (unpaired) electrons. The largest absolute Gasteiger partial charge is 0.328 e. The van der Waals surface area contributed by atoms with Crippen LogP contribution in [-0.4, -0.2) is 4.21 Å². The third-order valence-corrected chi connectivity index (χ3v) is 0. The summed E-state index contributed by atoms with van der Waals surface area (Å²) in [5.41, 5.74) is 0. The van der Waals surface area contributed by atoms with Gasteiger partial charge in [0.2, 0.25) is 0 Å². The minimum atomic E-state index is -1.11. The first-order valence-corrected chi connectivity index (χ1v) is 2.23. The molecule has 1 nitrogen and oxygen atoms in total. The standard InChI is InChI=1S/C2H4OS.Y/c1-4(2)3;/h1-2H2;/q-2;. The molecule has 0 heterocycles. The van der Waals surface area contributed by atoms with Crippen LogP contribution in [0.5, 0.6) is 0 Å². The normalized spacial score (nSPS) is 7.00. The molecule has 0 spiro atoms. The van der Waals surface area contributed by atoms with E-state index in [0.717, 1.165) is 0 Å². The Morgan fingerprint density at radius 2 is 1.40 bits per heavy atom. The minimum Gasteiger partial charge on any atom is -0.328 e. The van der Waals surface area contributed by atoms with Gasteiger partial charge in [-0.25, -0.2) is 0 Å². The monoisotopic (exact) mass is 165 g/mol. The van der Waals surface area contributed by atoms with Crippen molar-refractivity contribution in [3.05, 3.63) is 12.5 Å². The summed E-state index contributed by atoms with van der Waals surface area (Å²) in [6, 6.07) is 0. The van der Waals surface area contributed by atoms with E-state index in [1.807, 2.05) is 0 Å². The Morgan fingerprint density at radius 3 is 1.40 bits per heavy atom. The van der Waals surface area contributed by atoms with E-state index >= 15 is 0 Å². The molecule has 0 saturated carbocycles. The third-order valence-electron chi connectivity index (χ3n) is 0. The average molecular weight is 165 g/mol. The molecule has 29 valence electrons. The van der Waals surface area contributed by atoms with Gasteiger partial charge in [0, 0.05) is 32.7 Å². The van der Waals surface area contributed by atoms with E-state index in [0.29, 0.717) is 0 Å². The SMILES string of the molecule is [CH2-]S([CH2-])=O.[Y]. The van der Waals surface area contributed by atoms with Crippen LogP contribution in [0.1, 0.15) is 0 Å². The fraction of sp³-hybridized carbons (Fsp3) is 0. The predicted octanol–water partition coefficient (Wildman–Crippen LogP) is 0.316. The summed E-state index contributed by atoms with van der Waals surface area (Å²) in [5, 5.41) is 0. The molecule has 3 heteroatoms. The van der Waals surface area contributed by atoms with Gasteiger partial charge in [0.15, 0.2) is 0 Å². The molecule has 0 N–H and O–H groups in total. The smallest absolute Gasteiger partial charge is 0 e. The van der Waals surface area contributed by atoms with Gasteiger partial charge in [-0.2, -0.15) is 0 Å². The molecule has 0 aromatic carbocycles. The van der Waals surface area contributed by atoms with Crippen molar-refractivity contribution in [2.75, 3.05) is 0 Å². The molecule has 0 aliphatic heterocycles. The first-order valence-electron chi connectivity index (χ1n) is 0.744. The first-order chi connectivity index (χ1) is 1.73. The molecule has 0 aliphatic carbocycles. The van der Waals surface area contributed by atoms with E-state index in [1.165, 1.54) is 0 Å². The molecule has 0 aromatic heterocycles. The summed E-state index contributed by atoms with van der Waals surface area (Å²) < 4.78 is 9.33. The molecule has 0 amide bonds. The summed E-state index contributed by atoms with van der Waals surface area (Å²) in [6.07, 6.45) is 6.00. The van der Waals surface area contributed by atoms with Crippen LogP contribution in [-0.2, 0) is 43.5 Å². The average Bonchev–Trinajstić information content (AvgIpc) is 0.811. The van der Waals surface area contributed by atoms with Gasteiger partial charge in [-0.15, -0.1) is 0 Å². The van der Waals surface area contributed by atoms with Crippen LogP contribution in [0, 0.1) is 12.5 Å². The van der Waals surface area contributed by atoms with Gasteiger partial charge in [0.05, 0.1) is 0 Å². The van der Waals surface area contributed by atoms with Gasteiger partial charge in [0.25, 0.3) is 0 Å². The van der Waals surface area contributed by atoms with Gasteiger partial charge in [-0.1, -0.05) is 0 Å². The topological polar surface area (TPSA) is 17.1 Å². The summed E-state index contributed by atoms with van der Waals surface area (Å²) in [7, 11) is -1.11. The fourth-order valence-corrected chi connectivity index (χ4v) is 0. The molecule has 0 bridgehead atoms. The van der Waals surface area contributed by atoms with E-state index in [9.17, 15) is 4.21 Å². The van der Waals surface area contributed by atoms with Crippen LogP contribution >= 0.6 is 0 Å². The zero-order chi connectivity index (χ0) is 3.58. The Morgan fingerprint density at radius 1 is 1.40 bits per heavy atom. The molecule has 0 aliphatic rings. The van der Waals surface area contributed by atoms with Crippen molar-refractivity contribution in [1.82, 2.24) is 0 Å². The molecule has 0 aromatic rings. The second-order valence-corrected chi connectivity index (χ2v) is 1.32. The molecule has 0 fully saturated rings. The van der Waals surface area contributed by atoms with Crippen molar-refractivity contribution in [2.24, 2.45) is 0 Å². The maximum Gasteiger partial charge on any atom is 0 e. The maximum atomic E-state index is 9.33. The van der Waals surface area contributed by atoms with E-state index in [1.54, 1.807) is 0 Å². The van der Waals surface area contributed by atoms with Crippen molar-refractivity contribution in [1.29, 1.82) is 0 Å². The Kier molecular flexibility index (Phi) is 10.0. The van der Waals surface area contributed by atoms with Gasteiger partial charge >= 0.3 is 0 Å². The maximum absolute atomic E-state index is 9.33. The Labute approximate surface area is 59.9 Å². The van der Waals surface area contributed by atoms with Crippen molar-refractivity contribution in [2.45, 2.75) is 0 Å². The van der Waals surface area contributed by atoms with E-state index in [-0.39, 0.29) is 32.7 Å². The molecule has 5 heavy (non-hydrogen) atoms. The molecular formula is C2H4OSY-2. The summed E-state index contributed by atoms with van der Waals surface area (Å²) >= 11 is 0. The predicted molar refractivity (Wildman–Crippen MR) is 18.9 cm³/mol. The molecular weight excluding hydrogens is 161 g/mol. The Balaban J connectivity index is 0. The van der Waals surface area contributed by atoms with Crippen LogP contribution in [0.3, 0.4) is 0 Å². The zero-order valence-corrected chi connectivity index (χ0v) is 6.46. The molecule has 0 saturated heterocycles. The van der Waals surface area contributed by atoms with Crippen LogP contribution < -0.4 is 0 Å². The quantitative estimate of drug-likeness (QED) is 0.472. The number of hydrogen-bond donors (Lipinski definition) is 0. The minimum absolute atomic E-state index is 0. The van der Waals surface area contributed by atoms with Crippen molar-refractivity contribution in [3.8, 4) is 0 Å². The van der Waals surface area contributed by atoms with E-state index < -0.39 is 10.8 Å². The second-order valence-electron chi connectivity index (χ2n) is 0.440. The summed E-state index contributed by atoms with van der Waals surface area (Å²) in [6.45, 7) is 0. The molecule has 0 rings (SSSR count). The van der Waals surface area contributed by atoms with Crippen molar-refractivity contribution < 1.29 is 36.9 Å². The van der Waals surface area contributed by atoms with Crippen LogP contribution in [0.25, 0.3) is 0 Å². The summed E-state index contributed by atoms with van der Waals surface area (Å²) in [4.78, 5) is 0. The van der Waals surface area contributed by atoms with Gasteiger partial charge in [-0.3, -0.25) is 23.3 Å². The molecule has 0 atom stereocenters. The van der Waals surface area contributed by atoms with E-state index in [2.05, 4.69) is 12.5 Å². The van der Waals surface area contributed by atoms with Gasteiger partial charge in [0.1, 0.15) is 0 Å². The number of hydrogen-bond acceptors (Lipinski definition) is 1. The summed E-state index contributed by atoms with van der Waals surface area (Å²) in [5.74, 6) is 0. The number of rotatable bonds is 0. The van der Waals surface area contributed by atoms with Crippen molar-refractivity contribution in [3.63, 3.8) is 0 Å². The second kappa shape index (κ2) is 5.25. The van der Waals surface area contributed by atoms with Crippen LogP contribution in [0.15, 0.2) is 0 Å². The fourth-order valence-electron chi connectivity index (χ4n) is 0. The third kappa shape index (κ3) is 35.4. The molecule has 0 unspecified atom stereocenters. The van der Waals surface area contributed by atoms with Gasteiger partial charge < -0.3 is 4.21 Å². The van der Waals surface area contributed by atoms with Gasteiger partial charge in [-0.05, 0) is 0 Å². The Bertz CT molecular complexity index is 32.6. The van der Waals surface area contributed by atoms with Crippen molar-refractivity contribution >= 4 is 10.8 Å². The Hall–Kier alpha value is 1.25. The van der Waals surface area contributed by atoms with Crippen LogP contribution in [0.4, 0.5) is 0 Å². The van der Waals surface area contributed by atoms with E-state index in [4.69, 9.17) is 0 Å². The first kappa shape index (κ1) is 9.54. The zero-order valence-electron chi connectivity index (χ0n) is 2.81. The van der Waals surface area contributed by atoms with Crippen LogP contribution in [0.2, 0.25) is 0 Å².